The van der Waals surface area contributed by atoms with Gasteiger partial charge in [0.05, 0.1) is 17.6 Å². The van der Waals surface area contributed by atoms with Crippen molar-refractivity contribution in [1.29, 1.82) is 0 Å². The Morgan fingerprint density at radius 2 is 1.95 bits per heavy atom. The number of benzene rings is 2. The van der Waals surface area contributed by atoms with Crippen LogP contribution in [0.5, 0.6) is 0 Å². The highest BCUT2D eigenvalue weighted by Crippen LogP contribution is 2.21. The van der Waals surface area contributed by atoms with Crippen LogP contribution in [0.3, 0.4) is 0 Å². The molecule has 3 rings (SSSR count). The molecule has 4 heteroatoms. The van der Waals surface area contributed by atoms with E-state index in [-0.39, 0.29) is 5.69 Å². The molecule has 0 amide bonds. The van der Waals surface area contributed by atoms with Crippen LogP contribution in [0.4, 0.5) is 0 Å². The first-order chi connectivity index (χ1) is 9.16. The summed E-state index contributed by atoms with van der Waals surface area (Å²) in [6, 6.07) is 13.9. The molecule has 1 N–H and O–H groups in total. The summed E-state index contributed by atoms with van der Waals surface area (Å²) >= 11 is 3.46. The zero-order chi connectivity index (χ0) is 13.4. The fourth-order valence-corrected chi connectivity index (χ4v) is 2.71. The van der Waals surface area contributed by atoms with E-state index in [4.69, 9.17) is 0 Å². The summed E-state index contributed by atoms with van der Waals surface area (Å²) in [7, 11) is 0. The van der Waals surface area contributed by atoms with E-state index in [1.54, 1.807) is 4.57 Å². The summed E-state index contributed by atoms with van der Waals surface area (Å²) in [5.41, 5.74) is 4.04. The minimum atomic E-state index is -0.0786. The van der Waals surface area contributed by atoms with Crippen molar-refractivity contribution in [2.24, 2.45) is 0 Å². The molecule has 96 valence electrons. The largest absolute Gasteiger partial charge is 0.326 e. The molecule has 1 aromatic heterocycles. The van der Waals surface area contributed by atoms with Crippen LogP contribution in [0.1, 0.15) is 11.1 Å². The molecule has 3 nitrogen and oxygen atoms in total. The molecule has 19 heavy (non-hydrogen) atoms. The lowest BCUT2D eigenvalue weighted by Gasteiger charge is -2.07. The van der Waals surface area contributed by atoms with E-state index in [9.17, 15) is 4.79 Å². The second kappa shape index (κ2) is 4.70. The highest BCUT2D eigenvalue weighted by molar-refractivity contribution is 9.10. The fourth-order valence-electron chi connectivity index (χ4n) is 2.26. The summed E-state index contributed by atoms with van der Waals surface area (Å²) < 4.78 is 2.67. The summed E-state index contributed by atoms with van der Waals surface area (Å²) in [6.07, 6.45) is 0. The number of hydrogen-bond acceptors (Lipinski definition) is 1. The predicted molar refractivity (Wildman–Crippen MR) is 80.5 cm³/mol. The van der Waals surface area contributed by atoms with Crippen LogP contribution in [0.25, 0.3) is 11.0 Å². The Hall–Kier alpha value is -1.81. The number of nitrogens with zero attached hydrogens (tertiary/aromatic N) is 1. The standard InChI is InChI=1S/C15H13BrN2O/c1-10-5-2-3-6-11(10)9-18-13-8-4-7-12(16)14(13)17-15(18)19/h2-8H,9H2,1H3,(H,17,19). The van der Waals surface area contributed by atoms with E-state index in [2.05, 4.69) is 40.0 Å². The van der Waals surface area contributed by atoms with E-state index >= 15 is 0 Å². The van der Waals surface area contributed by atoms with E-state index in [0.717, 1.165) is 21.1 Å². The first-order valence-electron chi connectivity index (χ1n) is 6.08. The summed E-state index contributed by atoms with van der Waals surface area (Å²) in [4.78, 5) is 15.0. The number of rotatable bonds is 2. The van der Waals surface area contributed by atoms with Gasteiger partial charge in [0.2, 0.25) is 0 Å². The van der Waals surface area contributed by atoms with Gasteiger partial charge in [0.15, 0.2) is 0 Å². The number of halogens is 1. The number of aryl methyl sites for hydroxylation is 1. The van der Waals surface area contributed by atoms with Crippen molar-refractivity contribution in [1.82, 2.24) is 9.55 Å². The molecule has 0 bridgehead atoms. The van der Waals surface area contributed by atoms with Gasteiger partial charge in [0.1, 0.15) is 0 Å². The molecule has 2 aromatic carbocycles. The average molecular weight is 317 g/mol. The Labute approximate surface area is 119 Å². The molecule has 0 aliphatic rings. The van der Waals surface area contributed by atoms with Gasteiger partial charge in [0, 0.05) is 4.47 Å². The predicted octanol–water partition coefficient (Wildman–Crippen LogP) is 3.45. The molecule has 0 fully saturated rings. The van der Waals surface area contributed by atoms with Gasteiger partial charge in [-0.05, 0) is 46.1 Å². The smallest absolute Gasteiger partial charge is 0.305 e. The molecule has 0 atom stereocenters. The summed E-state index contributed by atoms with van der Waals surface area (Å²) in [6.45, 7) is 2.65. The van der Waals surface area contributed by atoms with Crippen LogP contribution in [-0.2, 0) is 6.54 Å². The molecule has 0 spiro atoms. The van der Waals surface area contributed by atoms with Crippen LogP contribution >= 0.6 is 15.9 Å². The molecule has 1 heterocycles. The zero-order valence-electron chi connectivity index (χ0n) is 10.5. The molecule has 0 aliphatic heterocycles. The molecule has 0 radical (unpaired) electrons. The Bertz CT molecular complexity index is 801. The molecule has 0 saturated carbocycles. The maximum atomic E-state index is 12.1. The number of H-pyrrole nitrogens is 1. The van der Waals surface area contributed by atoms with E-state index in [1.807, 2.05) is 30.3 Å². The van der Waals surface area contributed by atoms with Gasteiger partial charge in [-0.25, -0.2) is 4.79 Å². The van der Waals surface area contributed by atoms with Gasteiger partial charge in [-0.15, -0.1) is 0 Å². The number of fused-ring (bicyclic) bond motifs is 1. The third-order valence-corrected chi connectivity index (χ3v) is 4.01. The van der Waals surface area contributed by atoms with Crippen LogP contribution in [0.2, 0.25) is 0 Å². The Morgan fingerprint density at radius 1 is 1.16 bits per heavy atom. The number of hydrogen-bond donors (Lipinski definition) is 1. The van der Waals surface area contributed by atoms with Crippen molar-refractivity contribution in [3.8, 4) is 0 Å². The minimum absolute atomic E-state index is 0.0786. The van der Waals surface area contributed by atoms with Gasteiger partial charge >= 0.3 is 5.69 Å². The van der Waals surface area contributed by atoms with Gasteiger partial charge in [-0.3, -0.25) is 4.57 Å². The Balaban J connectivity index is 2.16. The highest BCUT2D eigenvalue weighted by atomic mass is 79.9. The van der Waals surface area contributed by atoms with E-state index < -0.39 is 0 Å². The van der Waals surface area contributed by atoms with Crippen LogP contribution in [-0.4, -0.2) is 9.55 Å². The first-order valence-corrected chi connectivity index (χ1v) is 6.87. The number of nitrogens with one attached hydrogen (secondary N) is 1. The van der Waals surface area contributed by atoms with Crippen molar-refractivity contribution >= 4 is 27.0 Å². The van der Waals surface area contributed by atoms with Crippen molar-refractivity contribution in [3.63, 3.8) is 0 Å². The zero-order valence-corrected chi connectivity index (χ0v) is 12.1. The maximum absolute atomic E-state index is 12.1. The first kappa shape index (κ1) is 12.2. The van der Waals surface area contributed by atoms with E-state index in [0.29, 0.717) is 6.54 Å². The summed E-state index contributed by atoms with van der Waals surface area (Å²) in [5.74, 6) is 0. The average Bonchev–Trinajstić information content (AvgIpc) is 2.71. The molecule has 3 aromatic rings. The van der Waals surface area contributed by atoms with E-state index in [1.165, 1.54) is 5.56 Å². The summed E-state index contributed by atoms with van der Waals surface area (Å²) in [5, 5.41) is 0. The Morgan fingerprint density at radius 3 is 2.74 bits per heavy atom. The SMILES string of the molecule is Cc1ccccc1Cn1c(=O)[nH]c2c(Br)cccc21. The number of aromatic nitrogens is 2. The van der Waals surface area contributed by atoms with Crippen molar-refractivity contribution in [3.05, 3.63) is 68.5 Å². The van der Waals surface area contributed by atoms with Crippen LogP contribution < -0.4 is 5.69 Å². The fraction of sp³-hybridized carbons (Fsp3) is 0.133. The third kappa shape index (κ3) is 2.12. The van der Waals surface area contributed by atoms with Crippen molar-refractivity contribution in [2.45, 2.75) is 13.5 Å². The highest BCUT2D eigenvalue weighted by Gasteiger charge is 2.09. The molecular formula is C15H13BrN2O. The second-order valence-corrected chi connectivity index (χ2v) is 5.43. The van der Waals surface area contributed by atoms with Gasteiger partial charge in [-0.1, -0.05) is 30.3 Å². The molecule has 0 saturated heterocycles. The van der Waals surface area contributed by atoms with Gasteiger partial charge < -0.3 is 4.98 Å². The van der Waals surface area contributed by atoms with Crippen molar-refractivity contribution < 1.29 is 0 Å². The quantitative estimate of drug-likeness (QED) is 0.772. The minimum Gasteiger partial charge on any atom is -0.305 e. The number of imidazole rings is 1. The second-order valence-electron chi connectivity index (χ2n) is 4.58. The number of para-hydroxylation sites is 1. The van der Waals surface area contributed by atoms with Crippen molar-refractivity contribution in [2.75, 3.05) is 0 Å². The normalized spacial score (nSPS) is 11.1. The lowest BCUT2D eigenvalue weighted by Crippen LogP contribution is -2.17. The Kier molecular flexibility index (Phi) is 3.03. The number of aromatic amines is 1. The van der Waals surface area contributed by atoms with Crippen LogP contribution in [0.15, 0.2) is 51.7 Å². The van der Waals surface area contributed by atoms with Gasteiger partial charge in [-0.2, -0.15) is 0 Å². The lowest BCUT2D eigenvalue weighted by molar-refractivity contribution is 0.782. The maximum Gasteiger partial charge on any atom is 0.326 e. The monoisotopic (exact) mass is 316 g/mol. The van der Waals surface area contributed by atoms with Crippen LogP contribution in [0, 0.1) is 6.92 Å². The molecular weight excluding hydrogens is 304 g/mol. The lowest BCUT2D eigenvalue weighted by atomic mass is 10.1. The van der Waals surface area contributed by atoms with Gasteiger partial charge in [0.25, 0.3) is 0 Å². The topological polar surface area (TPSA) is 37.8 Å². The third-order valence-electron chi connectivity index (χ3n) is 3.35. The molecule has 0 aliphatic carbocycles. The molecule has 0 unspecified atom stereocenters.